The molecule has 2 aromatic carbocycles. The van der Waals surface area contributed by atoms with Crippen LogP contribution in [-0.4, -0.2) is 11.7 Å². The molecule has 77 valence electrons. The van der Waals surface area contributed by atoms with E-state index < -0.39 is 0 Å². The van der Waals surface area contributed by atoms with Crippen LogP contribution in [0.2, 0.25) is 0 Å². The van der Waals surface area contributed by atoms with Crippen LogP contribution in [-0.2, 0) is 23.2 Å². The van der Waals surface area contributed by atoms with Gasteiger partial charge < -0.3 is 5.11 Å². The first-order valence-electron chi connectivity index (χ1n) is 4.41. The summed E-state index contributed by atoms with van der Waals surface area (Å²) in [6.07, 6.45) is 0.785. The van der Waals surface area contributed by atoms with Gasteiger partial charge in [0.05, 0.1) is 0 Å². The molecule has 0 amide bonds. The predicted octanol–water partition coefficient (Wildman–Crippen LogP) is 2.34. The van der Waals surface area contributed by atoms with Gasteiger partial charge in [-0.1, -0.05) is 6.42 Å². The Morgan fingerprint density at radius 1 is 1.00 bits per heavy atom. The van der Waals surface area contributed by atoms with Crippen molar-refractivity contribution in [2.75, 3.05) is 6.61 Å². The van der Waals surface area contributed by atoms with Gasteiger partial charge in [-0.3, -0.25) is 0 Å². The summed E-state index contributed by atoms with van der Waals surface area (Å²) < 4.78 is 0. The van der Waals surface area contributed by atoms with E-state index in [0.717, 1.165) is 6.42 Å². The molecule has 1 N–H and O–H groups in total. The number of aliphatic hydroxyl groups excluding tert-OH is 1. The molecule has 0 saturated carbocycles. The SMILES string of the molecule is OCC[c-]1cccc1.[Co+2].c1cc[cH-]c1. The van der Waals surface area contributed by atoms with Crippen LogP contribution in [0, 0.1) is 0 Å². The van der Waals surface area contributed by atoms with Crippen LogP contribution < -0.4 is 0 Å². The van der Waals surface area contributed by atoms with Gasteiger partial charge in [0.15, 0.2) is 0 Å². The van der Waals surface area contributed by atoms with Crippen LogP contribution in [0.4, 0.5) is 0 Å². The summed E-state index contributed by atoms with van der Waals surface area (Å²) in [7, 11) is 0. The normalized spacial score (nSPS) is 8.36. The standard InChI is InChI=1S/C7H9O.C5H5.Co/c8-6-5-7-3-1-2-4-7;1-2-4-5-3-1;/h1-4,8H,5-6H2;1-5H;/q2*-1;+2. The quantitative estimate of drug-likeness (QED) is 0.789. The molecule has 0 bridgehead atoms. The van der Waals surface area contributed by atoms with Gasteiger partial charge in [0.25, 0.3) is 0 Å². The van der Waals surface area contributed by atoms with Gasteiger partial charge in [-0.25, -0.2) is 24.3 Å². The first kappa shape index (κ1) is 13.2. The van der Waals surface area contributed by atoms with Crippen LogP contribution in [0.25, 0.3) is 0 Å². The second-order valence-corrected chi connectivity index (χ2v) is 2.73. The molecule has 2 aromatic rings. The van der Waals surface area contributed by atoms with Crippen molar-refractivity contribution in [2.45, 2.75) is 6.42 Å². The molecule has 0 fully saturated rings. The van der Waals surface area contributed by atoms with Crippen molar-refractivity contribution in [1.29, 1.82) is 0 Å². The van der Waals surface area contributed by atoms with E-state index in [1.165, 1.54) is 5.56 Å². The zero-order valence-corrected chi connectivity index (χ0v) is 8.93. The minimum absolute atomic E-state index is 0. The third-order valence-electron chi connectivity index (χ3n) is 1.69. The zero-order valence-electron chi connectivity index (χ0n) is 7.89. The summed E-state index contributed by atoms with van der Waals surface area (Å²) in [5.74, 6) is 0. The number of hydrogen-bond donors (Lipinski definition) is 1. The van der Waals surface area contributed by atoms with Gasteiger partial charge in [0.1, 0.15) is 0 Å². The Balaban J connectivity index is 0.000000246. The van der Waals surface area contributed by atoms with Gasteiger partial charge in [-0.15, -0.1) is 0 Å². The van der Waals surface area contributed by atoms with Gasteiger partial charge in [-0.2, -0.15) is 35.9 Å². The van der Waals surface area contributed by atoms with Crippen LogP contribution in [0.15, 0.2) is 54.6 Å². The third kappa shape index (κ3) is 5.75. The van der Waals surface area contributed by atoms with E-state index in [1.54, 1.807) is 0 Å². The minimum Gasteiger partial charge on any atom is -0.397 e. The average Bonchev–Trinajstić information content (AvgIpc) is 2.79. The molecule has 0 aromatic heterocycles. The zero-order chi connectivity index (χ0) is 9.36. The second-order valence-electron chi connectivity index (χ2n) is 2.73. The van der Waals surface area contributed by atoms with Crippen molar-refractivity contribution in [3.8, 4) is 0 Å². The van der Waals surface area contributed by atoms with Crippen LogP contribution in [0.1, 0.15) is 5.56 Å². The first-order valence-corrected chi connectivity index (χ1v) is 4.41. The summed E-state index contributed by atoms with van der Waals surface area (Å²) in [4.78, 5) is 0. The van der Waals surface area contributed by atoms with E-state index in [9.17, 15) is 0 Å². The Kier molecular flexibility index (Phi) is 8.23. The molecule has 0 atom stereocenters. The molecular formula is C12H14CoO. The summed E-state index contributed by atoms with van der Waals surface area (Å²) >= 11 is 0. The Labute approximate surface area is 95.3 Å². The van der Waals surface area contributed by atoms with E-state index in [2.05, 4.69) is 0 Å². The van der Waals surface area contributed by atoms with E-state index in [1.807, 2.05) is 54.6 Å². The van der Waals surface area contributed by atoms with E-state index in [-0.39, 0.29) is 23.4 Å². The summed E-state index contributed by atoms with van der Waals surface area (Å²) in [5, 5.41) is 8.44. The monoisotopic (exact) mass is 233 g/mol. The number of aliphatic hydroxyl groups is 1. The molecule has 1 nitrogen and oxygen atoms in total. The topological polar surface area (TPSA) is 20.2 Å². The van der Waals surface area contributed by atoms with Crippen molar-refractivity contribution >= 4 is 0 Å². The molecule has 2 rings (SSSR count). The van der Waals surface area contributed by atoms with E-state index in [4.69, 9.17) is 5.11 Å². The molecule has 0 heterocycles. The molecule has 0 aliphatic rings. The van der Waals surface area contributed by atoms with Crippen LogP contribution in [0.5, 0.6) is 0 Å². The minimum atomic E-state index is 0. The van der Waals surface area contributed by atoms with Crippen molar-refractivity contribution < 1.29 is 21.9 Å². The fraction of sp³-hybridized carbons (Fsp3) is 0.167. The fourth-order valence-electron chi connectivity index (χ4n) is 1.03. The summed E-state index contributed by atoms with van der Waals surface area (Å²) in [5.41, 5.74) is 1.22. The fourth-order valence-corrected chi connectivity index (χ4v) is 1.03. The summed E-state index contributed by atoms with van der Waals surface area (Å²) in [6.45, 7) is 0.254. The van der Waals surface area contributed by atoms with Gasteiger partial charge in [0, 0.05) is 6.61 Å². The first-order chi connectivity index (χ1) is 6.43. The molecule has 0 spiro atoms. The number of rotatable bonds is 2. The summed E-state index contributed by atoms with van der Waals surface area (Å²) in [6, 6.07) is 18.0. The second kappa shape index (κ2) is 8.75. The van der Waals surface area contributed by atoms with Crippen molar-refractivity contribution in [3.63, 3.8) is 0 Å². The predicted molar refractivity (Wildman–Crippen MR) is 54.9 cm³/mol. The molecule has 2 heteroatoms. The maximum absolute atomic E-state index is 8.44. The van der Waals surface area contributed by atoms with Gasteiger partial charge in [-0.05, 0) is 0 Å². The van der Waals surface area contributed by atoms with E-state index >= 15 is 0 Å². The largest absolute Gasteiger partial charge is 2.00 e. The Bertz CT molecular complexity index is 254. The Morgan fingerprint density at radius 3 is 1.93 bits per heavy atom. The third-order valence-corrected chi connectivity index (χ3v) is 1.69. The smallest absolute Gasteiger partial charge is 0.397 e. The van der Waals surface area contributed by atoms with Gasteiger partial charge in [0.2, 0.25) is 0 Å². The molecule has 14 heavy (non-hydrogen) atoms. The Morgan fingerprint density at radius 2 is 1.57 bits per heavy atom. The van der Waals surface area contributed by atoms with Crippen molar-refractivity contribution in [1.82, 2.24) is 0 Å². The van der Waals surface area contributed by atoms with E-state index in [0.29, 0.717) is 0 Å². The molecule has 0 aliphatic carbocycles. The molecule has 0 aliphatic heterocycles. The van der Waals surface area contributed by atoms with Crippen LogP contribution >= 0.6 is 0 Å². The molecule has 0 unspecified atom stereocenters. The van der Waals surface area contributed by atoms with Gasteiger partial charge >= 0.3 is 16.8 Å². The molecule has 1 radical (unpaired) electrons. The Hall–Kier alpha value is -0.834. The maximum Gasteiger partial charge on any atom is 2.00 e. The number of hydrogen-bond acceptors (Lipinski definition) is 1. The van der Waals surface area contributed by atoms with Crippen LogP contribution in [0.3, 0.4) is 0 Å². The maximum atomic E-state index is 8.44. The average molecular weight is 233 g/mol. The molecule has 0 saturated heterocycles. The van der Waals surface area contributed by atoms with Crippen molar-refractivity contribution in [2.24, 2.45) is 0 Å². The molecular weight excluding hydrogens is 219 g/mol. The van der Waals surface area contributed by atoms with Crippen molar-refractivity contribution in [3.05, 3.63) is 60.2 Å².